The summed E-state index contributed by atoms with van der Waals surface area (Å²) in [6, 6.07) is 16.7. The standard InChI is InChI=1S/C29H38ClN5O2/c1-6-8-13-18-34(28(37)31-23-16-11-9-14-21(23)7-2)20-27(36)32-26-19-25(29(3,4)5)33-35(26)24-17-12-10-15-22(24)30/h9-12,14-17,19H,6-8,13,18,20H2,1-5H3,(H,31,37)(H,32,36). The van der Waals surface area contributed by atoms with Gasteiger partial charge in [0.25, 0.3) is 0 Å². The number of aryl methyl sites for hydroxylation is 1. The van der Waals surface area contributed by atoms with Crippen molar-refractivity contribution in [2.75, 3.05) is 23.7 Å². The number of carbonyl (C=O) groups excluding carboxylic acids is 2. The summed E-state index contributed by atoms with van der Waals surface area (Å²) in [5.41, 5.74) is 3.07. The Morgan fingerprint density at radius 3 is 2.38 bits per heavy atom. The Hall–Kier alpha value is -3.32. The smallest absolute Gasteiger partial charge is 0.315 e. The van der Waals surface area contributed by atoms with Crippen molar-refractivity contribution in [2.45, 2.75) is 65.7 Å². The highest BCUT2D eigenvalue weighted by atomic mass is 35.5. The number of urea groups is 1. The fourth-order valence-electron chi connectivity index (χ4n) is 3.95. The molecule has 8 heteroatoms. The van der Waals surface area contributed by atoms with Gasteiger partial charge in [-0.15, -0.1) is 0 Å². The van der Waals surface area contributed by atoms with Gasteiger partial charge in [0.15, 0.2) is 0 Å². The fourth-order valence-corrected chi connectivity index (χ4v) is 4.17. The second kappa shape index (κ2) is 12.8. The van der Waals surface area contributed by atoms with E-state index in [0.717, 1.165) is 42.6 Å². The molecule has 0 aliphatic carbocycles. The molecule has 0 spiro atoms. The normalized spacial score (nSPS) is 11.3. The number of hydrogen-bond donors (Lipinski definition) is 2. The summed E-state index contributed by atoms with van der Waals surface area (Å²) in [4.78, 5) is 28.1. The van der Waals surface area contributed by atoms with Gasteiger partial charge in [0.2, 0.25) is 5.91 Å². The van der Waals surface area contributed by atoms with E-state index in [-0.39, 0.29) is 23.9 Å². The summed E-state index contributed by atoms with van der Waals surface area (Å²) in [7, 11) is 0. The number of amides is 3. The monoisotopic (exact) mass is 523 g/mol. The molecular formula is C29H38ClN5O2. The summed E-state index contributed by atoms with van der Waals surface area (Å²) in [6.07, 6.45) is 3.62. The van der Waals surface area contributed by atoms with E-state index in [4.69, 9.17) is 16.7 Å². The molecule has 198 valence electrons. The van der Waals surface area contributed by atoms with Gasteiger partial charge < -0.3 is 15.5 Å². The number of nitrogens with zero attached hydrogens (tertiary/aromatic N) is 3. The lowest BCUT2D eigenvalue weighted by Gasteiger charge is -2.23. The van der Waals surface area contributed by atoms with Crippen LogP contribution in [0.2, 0.25) is 5.02 Å². The SMILES string of the molecule is CCCCCN(CC(=O)Nc1cc(C(C)(C)C)nn1-c1ccccc1Cl)C(=O)Nc1ccccc1CC. The zero-order valence-corrected chi connectivity index (χ0v) is 23.2. The number of benzene rings is 2. The maximum Gasteiger partial charge on any atom is 0.322 e. The lowest BCUT2D eigenvalue weighted by Crippen LogP contribution is -2.41. The second-order valence-corrected chi connectivity index (χ2v) is 10.6. The number of halogens is 1. The Labute approximate surface area is 225 Å². The topological polar surface area (TPSA) is 79.3 Å². The molecule has 3 rings (SSSR count). The van der Waals surface area contributed by atoms with E-state index in [9.17, 15) is 9.59 Å². The summed E-state index contributed by atoms with van der Waals surface area (Å²) >= 11 is 6.45. The number of carbonyl (C=O) groups is 2. The molecule has 0 bridgehead atoms. The summed E-state index contributed by atoms with van der Waals surface area (Å²) in [5.74, 6) is 0.206. The van der Waals surface area contributed by atoms with E-state index < -0.39 is 0 Å². The van der Waals surface area contributed by atoms with E-state index in [2.05, 4.69) is 38.3 Å². The maximum atomic E-state index is 13.3. The predicted octanol–water partition coefficient (Wildman–Crippen LogP) is 7.05. The maximum absolute atomic E-state index is 13.3. The summed E-state index contributed by atoms with van der Waals surface area (Å²) in [5, 5.41) is 11.2. The number of rotatable bonds is 10. The molecular weight excluding hydrogens is 486 g/mol. The van der Waals surface area contributed by atoms with E-state index >= 15 is 0 Å². The van der Waals surface area contributed by atoms with E-state index in [0.29, 0.717) is 23.1 Å². The molecule has 7 nitrogen and oxygen atoms in total. The molecule has 0 atom stereocenters. The third-order valence-electron chi connectivity index (χ3n) is 6.12. The molecule has 3 amide bonds. The van der Waals surface area contributed by atoms with Crippen LogP contribution in [0.15, 0.2) is 54.6 Å². The van der Waals surface area contributed by atoms with Crippen molar-refractivity contribution in [3.05, 3.63) is 70.9 Å². The fraction of sp³-hybridized carbons (Fsp3) is 0.414. The molecule has 0 aliphatic rings. The van der Waals surface area contributed by atoms with Crippen LogP contribution in [0.1, 0.15) is 65.1 Å². The Balaban J connectivity index is 1.83. The van der Waals surface area contributed by atoms with Crippen LogP contribution in [0, 0.1) is 0 Å². The molecule has 1 heterocycles. The van der Waals surface area contributed by atoms with Crippen LogP contribution >= 0.6 is 11.6 Å². The third kappa shape index (κ3) is 7.59. The highest BCUT2D eigenvalue weighted by Crippen LogP contribution is 2.29. The van der Waals surface area contributed by atoms with Crippen molar-refractivity contribution in [2.24, 2.45) is 0 Å². The van der Waals surface area contributed by atoms with Crippen molar-refractivity contribution >= 4 is 35.0 Å². The van der Waals surface area contributed by atoms with Crippen molar-refractivity contribution in [3.63, 3.8) is 0 Å². The number of anilines is 2. The van der Waals surface area contributed by atoms with Crippen LogP contribution in [-0.4, -0.2) is 39.7 Å². The van der Waals surface area contributed by atoms with Crippen LogP contribution in [0.25, 0.3) is 5.69 Å². The first-order valence-corrected chi connectivity index (χ1v) is 13.3. The van der Waals surface area contributed by atoms with E-state index in [1.807, 2.05) is 55.5 Å². The first-order valence-electron chi connectivity index (χ1n) is 12.9. The second-order valence-electron chi connectivity index (χ2n) is 10.1. The molecule has 0 fully saturated rings. The van der Waals surface area contributed by atoms with Crippen molar-refractivity contribution in [1.82, 2.24) is 14.7 Å². The Bertz CT molecular complexity index is 1220. The van der Waals surface area contributed by atoms with E-state index in [1.54, 1.807) is 15.6 Å². The molecule has 3 aromatic rings. The number of hydrogen-bond acceptors (Lipinski definition) is 3. The van der Waals surface area contributed by atoms with Gasteiger partial charge >= 0.3 is 6.03 Å². The molecule has 0 saturated heterocycles. The zero-order chi connectivity index (χ0) is 27.0. The summed E-state index contributed by atoms with van der Waals surface area (Å²) < 4.78 is 1.65. The Morgan fingerprint density at radius 2 is 1.70 bits per heavy atom. The minimum absolute atomic E-state index is 0.0810. The molecule has 0 radical (unpaired) electrons. The van der Waals surface area contributed by atoms with Gasteiger partial charge in [-0.3, -0.25) is 4.79 Å². The van der Waals surface area contributed by atoms with Crippen LogP contribution in [0.4, 0.5) is 16.3 Å². The lowest BCUT2D eigenvalue weighted by molar-refractivity contribution is -0.116. The van der Waals surface area contributed by atoms with Gasteiger partial charge in [-0.2, -0.15) is 5.10 Å². The minimum Gasteiger partial charge on any atom is -0.315 e. The lowest BCUT2D eigenvalue weighted by atomic mass is 9.92. The first kappa shape index (κ1) is 28.3. The van der Waals surface area contributed by atoms with Gasteiger partial charge in [-0.25, -0.2) is 9.48 Å². The molecule has 2 aromatic carbocycles. The van der Waals surface area contributed by atoms with Gasteiger partial charge in [0.05, 0.1) is 16.4 Å². The molecule has 0 aliphatic heterocycles. The van der Waals surface area contributed by atoms with Crippen LogP contribution < -0.4 is 10.6 Å². The van der Waals surface area contributed by atoms with Crippen molar-refractivity contribution in [1.29, 1.82) is 0 Å². The molecule has 1 aromatic heterocycles. The highest BCUT2D eigenvalue weighted by Gasteiger charge is 2.24. The zero-order valence-electron chi connectivity index (χ0n) is 22.5. The van der Waals surface area contributed by atoms with Crippen LogP contribution in [0.5, 0.6) is 0 Å². The number of unbranched alkanes of at least 4 members (excludes halogenated alkanes) is 2. The molecule has 37 heavy (non-hydrogen) atoms. The van der Waals surface area contributed by atoms with Crippen molar-refractivity contribution in [3.8, 4) is 5.69 Å². The van der Waals surface area contributed by atoms with Crippen molar-refractivity contribution < 1.29 is 9.59 Å². The minimum atomic E-state index is -0.302. The Morgan fingerprint density at radius 1 is 1.00 bits per heavy atom. The molecule has 0 saturated carbocycles. The average molecular weight is 524 g/mol. The molecule has 0 unspecified atom stereocenters. The van der Waals surface area contributed by atoms with Crippen LogP contribution in [0.3, 0.4) is 0 Å². The highest BCUT2D eigenvalue weighted by molar-refractivity contribution is 6.32. The van der Waals surface area contributed by atoms with Gasteiger partial charge in [0, 0.05) is 23.7 Å². The molecule has 2 N–H and O–H groups in total. The third-order valence-corrected chi connectivity index (χ3v) is 6.44. The summed E-state index contributed by atoms with van der Waals surface area (Å²) in [6.45, 7) is 10.7. The number of para-hydroxylation sites is 2. The van der Waals surface area contributed by atoms with Gasteiger partial charge in [-0.05, 0) is 36.6 Å². The first-order chi connectivity index (χ1) is 17.6. The van der Waals surface area contributed by atoms with Gasteiger partial charge in [-0.1, -0.05) is 89.4 Å². The number of nitrogens with one attached hydrogen (secondary N) is 2. The quantitative estimate of drug-likeness (QED) is 0.279. The van der Waals surface area contributed by atoms with Gasteiger partial charge in [0.1, 0.15) is 12.4 Å². The average Bonchev–Trinajstić information content (AvgIpc) is 3.28. The predicted molar refractivity (Wildman–Crippen MR) is 152 cm³/mol. The van der Waals surface area contributed by atoms with Crippen LogP contribution in [-0.2, 0) is 16.6 Å². The van der Waals surface area contributed by atoms with E-state index in [1.165, 1.54) is 0 Å². The largest absolute Gasteiger partial charge is 0.322 e. The Kier molecular flexibility index (Phi) is 9.75. The number of aromatic nitrogens is 2.